The summed E-state index contributed by atoms with van der Waals surface area (Å²) in [5.74, 6) is -0.242. The summed E-state index contributed by atoms with van der Waals surface area (Å²) in [7, 11) is 0. The number of rotatable bonds is 6. The molecule has 2 heterocycles. The number of carbonyl (C=O) groups is 1. The van der Waals surface area contributed by atoms with Gasteiger partial charge in [-0.15, -0.1) is 5.10 Å². The molecule has 0 saturated carbocycles. The Labute approximate surface area is 162 Å². The van der Waals surface area contributed by atoms with Gasteiger partial charge in [-0.2, -0.15) is 15.0 Å². The first kappa shape index (κ1) is 17.7. The predicted molar refractivity (Wildman–Crippen MR) is 105 cm³/mol. The molecule has 0 aliphatic carbocycles. The van der Waals surface area contributed by atoms with Crippen molar-refractivity contribution in [2.24, 2.45) is 0 Å². The zero-order valence-electron chi connectivity index (χ0n) is 15.5. The summed E-state index contributed by atoms with van der Waals surface area (Å²) in [6.07, 6.45) is 3.67. The molecule has 2 aromatic carbocycles. The summed E-state index contributed by atoms with van der Waals surface area (Å²) in [5.41, 5.74) is 3.88. The van der Waals surface area contributed by atoms with E-state index >= 15 is 0 Å². The number of aromatic nitrogens is 5. The fraction of sp³-hybridized carbons (Fsp3) is 0.143. The van der Waals surface area contributed by atoms with Gasteiger partial charge in [0.05, 0.1) is 17.9 Å². The van der Waals surface area contributed by atoms with E-state index in [-0.39, 0.29) is 5.91 Å². The molecule has 0 fully saturated rings. The number of benzene rings is 2. The van der Waals surface area contributed by atoms with Crippen LogP contribution in [0.25, 0.3) is 5.69 Å². The second-order valence-corrected chi connectivity index (χ2v) is 6.41. The van der Waals surface area contributed by atoms with Crippen molar-refractivity contribution in [2.45, 2.75) is 20.0 Å². The van der Waals surface area contributed by atoms with Gasteiger partial charge in [-0.05, 0) is 36.2 Å². The van der Waals surface area contributed by atoms with Gasteiger partial charge in [0.1, 0.15) is 0 Å². The van der Waals surface area contributed by atoms with Crippen LogP contribution in [0.5, 0.6) is 0 Å². The average Bonchev–Trinajstić information content (AvgIpc) is 3.37. The van der Waals surface area contributed by atoms with Crippen molar-refractivity contribution in [3.8, 4) is 5.69 Å². The van der Waals surface area contributed by atoms with E-state index in [1.165, 1.54) is 4.80 Å². The summed E-state index contributed by atoms with van der Waals surface area (Å²) in [4.78, 5) is 14.1. The first-order valence-electron chi connectivity index (χ1n) is 9.02. The van der Waals surface area contributed by atoms with Gasteiger partial charge in [-0.3, -0.25) is 9.48 Å². The molecule has 7 heteroatoms. The fourth-order valence-corrected chi connectivity index (χ4v) is 2.98. The third-order valence-electron chi connectivity index (χ3n) is 4.43. The molecule has 0 bridgehead atoms. The normalized spacial score (nSPS) is 10.8. The molecule has 140 valence electrons. The molecular weight excluding hydrogens is 352 g/mol. The third-order valence-corrected chi connectivity index (χ3v) is 4.43. The number of aryl methyl sites for hydroxylation is 1. The molecule has 28 heavy (non-hydrogen) atoms. The van der Waals surface area contributed by atoms with Gasteiger partial charge in [0.2, 0.25) is 0 Å². The van der Waals surface area contributed by atoms with Crippen LogP contribution in [0.15, 0.2) is 73.1 Å². The van der Waals surface area contributed by atoms with Crippen LogP contribution in [0.3, 0.4) is 0 Å². The van der Waals surface area contributed by atoms with E-state index in [9.17, 15) is 4.79 Å². The van der Waals surface area contributed by atoms with Crippen LogP contribution >= 0.6 is 0 Å². The van der Waals surface area contributed by atoms with Gasteiger partial charge in [0, 0.05) is 18.9 Å². The first-order valence-corrected chi connectivity index (χ1v) is 9.02. The van der Waals surface area contributed by atoms with Gasteiger partial charge in [0.15, 0.2) is 5.69 Å². The first-order chi connectivity index (χ1) is 13.7. The van der Waals surface area contributed by atoms with Crippen molar-refractivity contribution in [3.63, 3.8) is 0 Å². The monoisotopic (exact) mass is 372 g/mol. The molecule has 2 aromatic heterocycles. The van der Waals surface area contributed by atoms with Crippen molar-refractivity contribution in [2.75, 3.05) is 0 Å². The van der Waals surface area contributed by atoms with E-state index in [0.29, 0.717) is 24.5 Å². The minimum atomic E-state index is -0.242. The lowest BCUT2D eigenvalue weighted by Gasteiger charge is -2.10. The van der Waals surface area contributed by atoms with Crippen LogP contribution in [0, 0.1) is 6.92 Å². The standard InChI is InChI=1S/C21H20N6O/c1-16-20(25-27(24-16)19-10-3-2-4-11-19)21(28)22-14-17-8-5-6-9-18(17)15-26-13-7-12-23-26/h2-13H,14-15H2,1H3,(H,22,28). The Morgan fingerprint density at radius 3 is 2.46 bits per heavy atom. The Kier molecular flexibility index (Phi) is 4.97. The minimum Gasteiger partial charge on any atom is -0.346 e. The summed E-state index contributed by atoms with van der Waals surface area (Å²) >= 11 is 0. The fourth-order valence-electron chi connectivity index (χ4n) is 2.98. The maximum atomic E-state index is 12.7. The molecule has 4 rings (SSSR count). The number of amides is 1. The molecule has 0 saturated heterocycles. The molecule has 1 N–H and O–H groups in total. The molecule has 0 unspecified atom stereocenters. The van der Waals surface area contributed by atoms with Crippen LogP contribution < -0.4 is 5.32 Å². The topological polar surface area (TPSA) is 77.6 Å². The smallest absolute Gasteiger partial charge is 0.274 e. The average molecular weight is 372 g/mol. The lowest BCUT2D eigenvalue weighted by atomic mass is 10.1. The largest absolute Gasteiger partial charge is 0.346 e. The molecule has 1 amide bonds. The van der Waals surface area contributed by atoms with Crippen LogP contribution in [-0.2, 0) is 13.1 Å². The van der Waals surface area contributed by atoms with Crippen LogP contribution in [-0.4, -0.2) is 30.7 Å². The Morgan fingerprint density at radius 1 is 0.964 bits per heavy atom. The Morgan fingerprint density at radius 2 is 1.71 bits per heavy atom. The second kappa shape index (κ2) is 7.87. The van der Waals surface area contributed by atoms with E-state index in [1.807, 2.05) is 71.5 Å². The van der Waals surface area contributed by atoms with Gasteiger partial charge in [-0.25, -0.2) is 0 Å². The van der Waals surface area contributed by atoms with Crippen molar-refractivity contribution >= 4 is 5.91 Å². The van der Waals surface area contributed by atoms with Gasteiger partial charge in [0.25, 0.3) is 5.91 Å². The molecule has 0 atom stereocenters. The van der Waals surface area contributed by atoms with E-state index in [0.717, 1.165) is 16.8 Å². The van der Waals surface area contributed by atoms with E-state index in [4.69, 9.17) is 0 Å². The van der Waals surface area contributed by atoms with E-state index < -0.39 is 0 Å². The molecule has 0 aliphatic heterocycles. The Bertz CT molecular complexity index is 1070. The minimum absolute atomic E-state index is 0.242. The maximum Gasteiger partial charge on any atom is 0.274 e. The van der Waals surface area contributed by atoms with Gasteiger partial charge in [-0.1, -0.05) is 42.5 Å². The van der Waals surface area contributed by atoms with Crippen molar-refractivity contribution in [3.05, 3.63) is 95.6 Å². The van der Waals surface area contributed by atoms with E-state index in [2.05, 4.69) is 20.6 Å². The number of hydrogen-bond acceptors (Lipinski definition) is 4. The number of carbonyl (C=O) groups excluding carboxylic acids is 1. The third kappa shape index (κ3) is 3.83. The highest BCUT2D eigenvalue weighted by atomic mass is 16.2. The zero-order valence-corrected chi connectivity index (χ0v) is 15.5. The summed E-state index contributed by atoms with van der Waals surface area (Å²) in [6.45, 7) is 2.85. The molecule has 0 aliphatic rings. The van der Waals surface area contributed by atoms with Crippen molar-refractivity contribution < 1.29 is 4.79 Å². The van der Waals surface area contributed by atoms with Crippen LogP contribution in [0.1, 0.15) is 27.3 Å². The Hall–Kier alpha value is -3.74. The summed E-state index contributed by atoms with van der Waals surface area (Å²) in [5, 5.41) is 15.9. The highest BCUT2D eigenvalue weighted by molar-refractivity contribution is 5.93. The maximum absolute atomic E-state index is 12.7. The van der Waals surface area contributed by atoms with Crippen molar-refractivity contribution in [1.29, 1.82) is 0 Å². The number of nitrogens with zero attached hydrogens (tertiary/aromatic N) is 5. The van der Waals surface area contributed by atoms with E-state index in [1.54, 1.807) is 13.1 Å². The lowest BCUT2D eigenvalue weighted by molar-refractivity contribution is 0.0945. The highest BCUT2D eigenvalue weighted by Crippen LogP contribution is 2.12. The lowest BCUT2D eigenvalue weighted by Crippen LogP contribution is -2.25. The second-order valence-electron chi connectivity index (χ2n) is 6.41. The quantitative estimate of drug-likeness (QED) is 0.565. The number of hydrogen-bond donors (Lipinski definition) is 1. The van der Waals surface area contributed by atoms with Crippen LogP contribution in [0.2, 0.25) is 0 Å². The number of nitrogens with one attached hydrogen (secondary N) is 1. The Balaban J connectivity index is 1.48. The van der Waals surface area contributed by atoms with Crippen molar-refractivity contribution in [1.82, 2.24) is 30.1 Å². The zero-order chi connectivity index (χ0) is 19.3. The summed E-state index contributed by atoms with van der Waals surface area (Å²) in [6, 6.07) is 19.4. The van der Waals surface area contributed by atoms with Gasteiger partial charge >= 0.3 is 0 Å². The molecule has 7 nitrogen and oxygen atoms in total. The van der Waals surface area contributed by atoms with Gasteiger partial charge < -0.3 is 5.32 Å². The molecular formula is C21H20N6O. The van der Waals surface area contributed by atoms with Crippen LogP contribution in [0.4, 0.5) is 0 Å². The SMILES string of the molecule is Cc1nn(-c2ccccc2)nc1C(=O)NCc1ccccc1Cn1cccn1. The predicted octanol–water partition coefficient (Wildman–Crippen LogP) is 2.75. The molecule has 0 spiro atoms. The number of para-hydroxylation sites is 1. The molecule has 4 aromatic rings. The highest BCUT2D eigenvalue weighted by Gasteiger charge is 2.16. The summed E-state index contributed by atoms with van der Waals surface area (Å²) < 4.78 is 1.86. The molecule has 0 radical (unpaired) electrons.